The normalized spacial score (nSPS) is 21.6. The van der Waals surface area contributed by atoms with Gasteiger partial charge in [0.25, 0.3) is 20.1 Å². The van der Waals surface area contributed by atoms with E-state index in [4.69, 9.17) is 4.43 Å². The third-order valence-corrected chi connectivity index (χ3v) is 12.6. The van der Waals surface area contributed by atoms with E-state index < -0.39 is 26.5 Å². The van der Waals surface area contributed by atoms with E-state index in [0.29, 0.717) is 24.0 Å². The number of nitrogens with zero attached hydrogens (tertiary/aromatic N) is 4. The Bertz CT molecular complexity index is 1290. The van der Waals surface area contributed by atoms with Gasteiger partial charge in [-0.2, -0.15) is 0 Å². The first-order valence-electron chi connectivity index (χ1n) is 12.6. The van der Waals surface area contributed by atoms with Gasteiger partial charge >= 0.3 is 0 Å². The number of imide groups is 1. The van der Waals surface area contributed by atoms with Crippen LogP contribution in [0.1, 0.15) is 54.3 Å². The maximum atomic E-state index is 13.2. The third kappa shape index (κ3) is 4.17. The van der Waals surface area contributed by atoms with Gasteiger partial charge in [0, 0.05) is 11.0 Å². The predicted octanol–water partition coefficient (Wildman–Crippen LogP) is 5.07. The Morgan fingerprint density at radius 3 is 1.78 bits per heavy atom. The van der Waals surface area contributed by atoms with Gasteiger partial charge in [-0.1, -0.05) is 98.7 Å². The molecule has 3 unspecified atom stereocenters. The SMILES string of the molecule is CC(C)(C)[Si](OC1CC(N2C(=O)c3ccccc3C2=O)CC1N=[N+]=[N-])(c1ccccc1)c1ccccc1. The highest BCUT2D eigenvalue weighted by atomic mass is 28.4. The molecule has 0 N–H and O–H groups in total. The van der Waals surface area contributed by atoms with Crippen LogP contribution in [0.5, 0.6) is 0 Å². The molecule has 8 heteroatoms. The Kier molecular flexibility index (Phi) is 6.50. The lowest BCUT2D eigenvalue weighted by molar-refractivity contribution is 0.0577. The number of hydrogen-bond acceptors (Lipinski definition) is 4. The first-order valence-corrected chi connectivity index (χ1v) is 14.5. The lowest BCUT2D eigenvalue weighted by atomic mass is 10.1. The minimum absolute atomic E-state index is 0.260. The monoisotopic (exact) mass is 510 g/mol. The van der Waals surface area contributed by atoms with Gasteiger partial charge in [0.05, 0.1) is 23.3 Å². The van der Waals surface area contributed by atoms with E-state index in [9.17, 15) is 15.1 Å². The molecule has 1 aliphatic carbocycles. The molecule has 188 valence electrons. The van der Waals surface area contributed by atoms with Crippen molar-refractivity contribution in [1.82, 2.24) is 4.90 Å². The van der Waals surface area contributed by atoms with E-state index in [1.807, 2.05) is 36.4 Å². The van der Waals surface area contributed by atoms with Crippen molar-refractivity contribution < 1.29 is 14.0 Å². The van der Waals surface area contributed by atoms with Crippen LogP contribution in [0.25, 0.3) is 10.4 Å². The molecule has 37 heavy (non-hydrogen) atoms. The van der Waals surface area contributed by atoms with Crippen molar-refractivity contribution in [2.45, 2.75) is 56.8 Å². The van der Waals surface area contributed by atoms with E-state index in [2.05, 4.69) is 55.1 Å². The van der Waals surface area contributed by atoms with Crippen LogP contribution in [0.4, 0.5) is 0 Å². The molecule has 1 saturated carbocycles. The molecule has 5 rings (SSSR count). The molecule has 2 amide bonds. The number of fused-ring (bicyclic) bond motifs is 1. The van der Waals surface area contributed by atoms with Crippen LogP contribution in [0.3, 0.4) is 0 Å². The summed E-state index contributed by atoms with van der Waals surface area (Å²) in [6.45, 7) is 6.58. The van der Waals surface area contributed by atoms with E-state index in [1.165, 1.54) is 4.90 Å². The highest BCUT2D eigenvalue weighted by molar-refractivity contribution is 6.99. The molecular weight excluding hydrogens is 480 g/mol. The van der Waals surface area contributed by atoms with Crippen molar-refractivity contribution >= 4 is 30.5 Å². The van der Waals surface area contributed by atoms with Crippen LogP contribution in [0.15, 0.2) is 90.0 Å². The van der Waals surface area contributed by atoms with Crippen molar-refractivity contribution in [2.24, 2.45) is 5.11 Å². The van der Waals surface area contributed by atoms with Gasteiger partial charge in [0.2, 0.25) is 0 Å². The van der Waals surface area contributed by atoms with Gasteiger partial charge in [0.1, 0.15) is 0 Å². The maximum absolute atomic E-state index is 13.2. The summed E-state index contributed by atoms with van der Waals surface area (Å²) < 4.78 is 7.26. The summed E-state index contributed by atoms with van der Waals surface area (Å²) in [7, 11) is -2.92. The van der Waals surface area contributed by atoms with Crippen LogP contribution < -0.4 is 10.4 Å². The number of rotatable bonds is 6. The number of carbonyl (C=O) groups excluding carboxylic acids is 2. The zero-order valence-electron chi connectivity index (χ0n) is 21.2. The molecule has 7 nitrogen and oxygen atoms in total. The second kappa shape index (κ2) is 9.63. The van der Waals surface area contributed by atoms with E-state index in [0.717, 1.165) is 10.4 Å². The fourth-order valence-corrected chi connectivity index (χ4v) is 10.7. The number of azide groups is 1. The summed E-state index contributed by atoms with van der Waals surface area (Å²) in [5, 5.41) is 6.09. The Morgan fingerprint density at radius 2 is 1.32 bits per heavy atom. The predicted molar refractivity (Wildman–Crippen MR) is 145 cm³/mol. The molecule has 0 radical (unpaired) electrons. The maximum Gasteiger partial charge on any atom is 0.261 e. The Hall–Kier alpha value is -3.71. The van der Waals surface area contributed by atoms with Crippen LogP contribution in [0, 0.1) is 0 Å². The highest BCUT2D eigenvalue weighted by Crippen LogP contribution is 2.42. The fraction of sp³-hybridized carbons (Fsp3) is 0.310. The van der Waals surface area contributed by atoms with Gasteiger partial charge in [-0.15, -0.1) is 0 Å². The van der Waals surface area contributed by atoms with Crippen molar-refractivity contribution in [2.75, 3.05) is 0 Å². The zero-order chi connectivity index (χ0) is 26.2. The van der Waals surface area contributed by atoms with E-state index in [1.54, 1.807) is 24.3 Å². The number of carbonyl (C=O) groups is 2. The smallest absolute Gasteiger partial charge is 0.261 e. The minimum Gasteiger partial charge on any atom is -0.404 e. The molecule has 0 saturated heterocycles. The van der Waals surface area contributed by atoms with Crippen LogP contribution >= 0.6 is 0 Å². The van der Waals surface area contributed by atoms with Gasteiger partial charge < -0.3 is 4.43 Å². The van der Waals surface area contributed by atoms with Gasteiger partial charge in [0.15, 0.2) is 0 Å². The van der Waals surface area contributed by atoms with E-state index in [-0.39, 0.29) is 16.9 Å². The molecule has 1 heterocycles. The topological polar surface area (TPSA) is 95.4 Å². The van der Waals surface area contributed by atoms with E-state index >= 15 is 0 Å². The largest absolute Gasteiger partial charge is 0.404 e. The quantitative estimate of drug-likeness (QED) is 0.152. The van der Waals surface area contributed by atoms with Crippen LogP contribution in [-0.2, 0) is 4.43 Å². The summed E-state index contributed by atoms with van der Waals surface area (Å²) >= 11 is 0. The highest BCUT2D eigenvalue weighted by Gasteiger charge is 2.54. The summed E-state index contributed by atoms with van der Waals surface area (Å²) in [5.41, 5.74) is 10.2. The number of benzene rings is 3. The summed E-state index contributed by atoms with van der Waals surface area (Å²) in [5.74, 6) is -0.590. The average molecular weight is 511 g/mol. The van der Waals surface area contributed by atoms with Gasteiger partial charge in [-0.25, -0.2) is 0 Å². The zero-order valence-corrected chi connectivity index (χ0v) is 22.2. The standard InChI is InChI=1S/C29H30N4O3Si/c1-29(2,3)37(21-12-6-4-7-13-21,22-14-8-5-9-15-22)36-26-19-20(18-25(26)31-32-30)33-27(34)23-16-10-11-17-24(23)28(33)35/h4-17,20,25-26H,18-19H2,1-3H3. The molecule has 1 aliphatic heterocycles. The van der Waals surface area contributed by atoms with Gasteiger partial charge in [-0.05, 0) is 45.9 Å². The molecule has 1 fully saturated rings. The van der Waals surface area contributed by atoms with Crippen LogP contribution in [-0.4, -0.2) is 43.2 Å². The van der Waals surface area contributed by atoms with Crippen LogP contribution in [0.2, 0.25) is 5.04 Å². The Balaban J connectivity index is 1.56. The molecule has 0 aromatic heterocycles. The molecular formula is C29H30N4O3Si. The van der Waals surface area contributed by atoms with Crippen molar-refractivity contribution in [1.29, 1.82) is 0 Å². The number of amides is 2. The molecule has 0 bridgehead atoms. The van der Waals surface area contributed by atoms with Crippen molar-refractivity contribution in [3.63, 3.8) is 0 Å². The third-order valence-electron chi connectivity index (χ3n) is 7.58. The lowest BCUT2D eigenvalue weighted by Gasteiger charge is -2.45. The van der Waals surface area contributed by atoms with Gasteiger partial charge in [-0.3, -0.25) is 14.5 Å². The molecule has 3 atom stereocenters. The average Bonchev–Trinajstić information content (AvgIpc) is 3.40. The second-order valence-corrected chi connectivity index (χ2v) is 15.0. The number of hydrogen-bond donors (Lipinski definition) is 0. The lowest BCUT2D eigenvalue weighted by Crippen LogP contribution is -2.68. The van der Waals surface area contributed by atoms with Crippen molar-refractivity contribution in [3.05, 3.63) is 106 Å². The Morgan fingerprint density at radius 1 is 0.838 bits per heavy atom. The summed E-state index contributed by atoms with van der Waals surface area (Å²) in [6, 6.07) is 26.5. The first kappa shape index (κ1) is 25.0. The minimum atomic E-state index is -2.92. The summed E-state index contributed by atoms with van der Waals surface area (Å²) in [4.78, 5) is 30.9. The fourth-order valence-electron chi connectivity index (χ4n) is 5.94. The first-order chi connectivity index (χ1) is 17.8. The molecule has 0 spiro atoms. The van der Waals surface area contributed by atoms with Crippen molar-refractivity contribution in [3.8, 4) is 0 Å². The molecule has 3 aromatic carbocycles. The molecule has 3 aromatic rings. The molecule has 2 aliphatic rings. The summed E-state index contributed by atoms with van der Waals surface area (Å²) in [6.07, 6.45) is 0.342. The second-order valence-electron chi connectivity index (χ2n) is 10.7. The Labute approximate surface area is 217 Å².